The lowest BCUT2D eigenvalue weighted by Gasteiger charge is -2.12. The summed E-state index contributed by atoms with van der Waals surface area (Å²) in [5, 5.41) is 14.9. The molecule has 0 radical (unpaired) electrons. The molecule has 1 aromatic carbocycles. The Morgan fingerprint density at radius 3 is 3.17 bits per heavy atom. The van der Waals surface area contributed by atoms with Crippen molar-refractivity contribution < 1.29 is 9.84 Å². The van der Waals surface area contributed by atoms with E-state index in [4.69, 9.17) is 4.74 Å². The van der Waals surface area contributed by atoms with E-state index in [1.54, 1.807) is 18.3 Å². The van der Waals surface area contributed by atoms with Crippen LogP contribution < -0.4 is 5.32 Å². The molecule has 1 aliphatic heterocycles. The molecule has 1 unspecified atom stereocenters. The largest absolute Gasteiger partial charge is 0.508 e. The van der Waals surface area contributed by atoms with Gasteiger partial charge in [0.25, 0.3) is 0 Å². The molecular formula is C14H16N2O2. The monoisotopic (exact) mass is 244 g/mol. The van der Waals surface area contributed by atoms with Crippen LogP contribution in [0, 0.1) is 5.92 Å². The molecule has 2 aromatic rings. The molecule has 0 aliphatic carbocycles. The number of aromatic hydroxyl groups is 1. The molecule has 0 saturated carbocycles. The van der Waals surface area contributed by atoms with E-state index in [1.165, 1.54) is 0 Å². The van der Waals surface area contributed by atoms with Crippen LogP contribution in [-0.4, -0.2) is 29.8 Å². The summed E-state index contributed by atoms with van der Waals surface area (Å²) in [5.41, 5.74) is 0. The first kappa shape index (κ1) is 11.3. The molecule has 1 aromatic heterocycles. The van der Waals surface area contributed by atoms with E-state index in [2.05, 4.69) is 10.3 Å². The number of nitrogens with zero attached hydrogens (tertiary/aromatic N) is 1. The van der Waals surface area contributed by atoms with Crippen LogP contribution in [0.2, 0.25) is 0 Å². The van der Waals surface area contributed by atoms with Gasteiger partial charge in [-0.25, -0.2) is 4.98 Å². The molecule has 1 fully saturated rings. The summed E-state index contributed by atoms with van der Waals surface area (Å²) in [6.45, 7) is 2.54. The Morgan fingerprint density at radius 2 is 2.33 bits per heavy atom. The molecular weight excluding hydrogens is 228 g/mol. The van der Waals surface area contributed by atoms with Gasteiger partial charge in [-0.05, 0) is 30.0 Å². The molecule has 1 atom stereocenters. The highest BCUT2D eigenvalue weighted by molar-refractivity contribution is 5.92. The van der Waals surface area contributed by atoms with Crippen LogP contribution in [0.15, 0.2) is 30.5 Å². The summed E-state index contributed by atoms with van der Waals surface area (Å²) < 4.78 is 5.35. The molecule has 94 valence electrons. The van der Waals surface area contributed by atoms with Crippen molar-refractivity contribution in [2.24, 2.45) is 5.92 Å². The fourth-order valence-corrected chi connectivity index (χ4v) is 2.28. The van der Waals surface area contributed by atoms with Crippen molar-refractivity contribution >= 4 is 16.6 Å². The third-order valence-electron chi connectivity index (χ3n) is 3.33. The standard InChI is InChI=1S/C14H16N2O2/c17-12-2-1-11-3-5-15-14(13(11)7-12)16-8-10-4-6-18-9-10/h1-3,5,7,10,17H,4,6,8-9H2,(H,15,16). The predicted octanol–water partition coefficient (Wildman–Crippen LogP) is 2.39. The smallest absolute Gasteiger partial charge is 0.133 e. The Morgan fingerprint density at radius 1 is 1.39 bits per heavy atom. The molecule has 0 bridgehead atoms. The van der Waals surface area contributed by atoms with E-state index in [9.17, 15) is 5.11 Å². The van der Waals surface area contributed by atoms with Crippen LogP contribution in [0.4, 0.5) is 5.82 Å². The Kier molecular flexibility index (Phi) is 3.02. The lowest BCUT2D eigenvalue weighted by Crippen LogP contribution is -2.14. The SMILES string of the molecule is Oc1ccc2ccnc(NCC3CCOC3)c2c1. The second-order valence-electron chi connectivity index (χ2n) is 4.68. The molecule has 18 heavy (non-hydrogen) atoms. The molecule has 3 rings (SSSR count). The van der Waals surface area contributed by atoms with E-state index in [0.29, 0.717) is 5.92 Å². The number of rotatable bonds is 3. The predicted molar refractivity (Wildman–Crippen MR) is 70.8 cm³/mol. The van der Waals surface area contributed by atoms with Crippen LogP contribution in [0.25, 0.3) is 10.8 Å². The number of fused-ring (bicyclic) bond motifs is 1. The van der Waals surface area contributed by atoms with Gasteiger partial charge in [0.05, 0.1) is 6.61 Å². The van der Waals surface area contributed by atoms with Gasteiger partial charge in [-0.1, -0.05) is 6.07 Å². The summed E-state index contributed by atoms with van der Waals surface area (Å²) in [6, 6.07) is 7.28. The second-order valence-corrected chi connectivity index (χ2v) is 4.68. The number of hydrogen-bond donors (Lipinski definition) is 2. The van der Waals surface area contributed by atoms with Crippen molar-refractivity contribution in [3.63, 3.8) is 0 Å². The zero-order valence-corrected chi connectivity index (χ0v) is 10.1. The van der Waals surface area contributed by atoms with E-state index >= 15 is 0 Å². The van der Waals surface area contributed by atoms with Crippen LogP contribution in [0.3, 0.4) is 0 Å². The van der Waals surface area contributed by atoms with E-state index < -0.39 is 0 Å². The number of anilines is 1. The zero-order valence-electron chi connectivity index (χ0n) is 10.1. The fraction of sp³-hybridized carbons (Fsp3) is 0.357. The van der Waals surface area contributed by atoms with Crippen molar-refractivity contribution in [2.45, 2.75) is 6.42 Å². The fourth-order valence-electron chi connectivity index (χ4n) is 2.28. The first-order valence-electron chi connectivity index (χ1n) is 6.22. The summed E-state index contributed by atoms with van der Waals surface area (Å²) in [5.74, 6) is 1.65. The Bertz CT molecular complexity index is 550. The number of phenolic OH excluding ortho intramolecular Hbond substituents is 1. The normalized spacial score (nSPS) is 19.2. The number of hydrogen-bond acceptors (Lipinski definition) is 4. The topological polar surface area (TPSA) is 54.4 Å². The number of phenols is 1. The summed E-state index contributed by atoms with van der Waals surface area (Å²) in [7, 11) is 0. The molecule has 0 amide bonds. The highest BCUT2D eigenvalue weighted by Gasteiger charge is 2.15. The molecule has 4 nitrogen and oxygen atoms in total. The maximum atomic E-state index is 9.56. The van der Waals surface area contributed by atoms with Crippen LogP contribution in [0.5, 0.6) is 5.75 Å². The van der Waals surface area contributed by atoms with Gasteiger partial charge in [0.1, 0.15) is 11.6 Å². The highest BCUT2D eigenvalue weighted by Crippen LogP contribution is 2.25. The highest BCUT2D eigenvalue weighted by atomic mass is 16.5. The molecule has 2 heterocycles. The Labute approximate surface area is 106 Å². The van der Waals surface area contributed by atoms with Crippen molar-refractivity contribution in [3.8, 4) is 5.75 Å². The number of ether oxygens (including phenoxy) is 1. The summed E-state index contributed by atoms with van der Waals surface area (Å²) in [4.78, 5) is 4.35. The average molecular weight is 244 g/mol. The number of pyridine rings is 1. The van der Waals surface area contributed by atoms with E-state index in [0.717, 1.165) is 42.8 Å². The molecule has 1 saturated heterocycles. The maximum absolute atomic E-state index is 9.56. The van der Waals surface area contributed by atoms with Crippen molar-refractivity contribution in [2.75, 3.05) is 25.1 Å². The van der Waals surface area contributed by atoms with Crippen molar-refractivity contribution in [1.29, 1.82) is 0 Å². The minimum Gasteiger partial charge on any atom is -0.508 e. The minimum absolute atomic E-state index is 0.266. The van der Waals surface area contributed by atoms with Crippen LogP contribution >= 0.6 is 0 Å². The lowest BCUT2D eigenvalue weighted by molar-refractivity contribution is 0.187. The van der Waals surface area contributed by atoms with Gasteiger partial charge < -0.3 is 15.2 Å². The van der Waals surface area contributed by atoms with Gasteiger partial charge in [-0.15, -0.1) is 0 Å². The van der Waals surface area contributed by atoms with Crippen molar-refractivity contribution in [3.05, 3.63) is 30.5 Å². The lowest BCUT2D eigenvalue weighted by atomic mass is 10.1. The van der Waals surface area contributed by atoms with Gasteiger partial charge in [0.15, 0.2) is 0 Å². The molecule has 1 aliphatic rings. The number of nitrogens with one attached hydrogen (secondary N) is 1. The van der Waals surface area contributed by atoms with E-state index in [-0.39, 0.29) is 5.75 Å². The Balaban J connectivity index is 1.84. The van der Waals surface area contributed by atoms with Gasteiger partial charge >= 0.3 is 0 Å². The Hall–Kier alpha value is -1.81. The zero-order chi connectivity index (χ0) is 12.4. The van der Waals surface area contributed by atoms with Crippen LogP contribution in [0.1, 0.15) is 6.42 Å². The minimum atomic E-state index is 0.266. The van der Waals surface area contributed by atoms with Gasteiger partial charge in [0.2, 0.25) is 0 Å². The first-order chi connectivity index (χ1) is 8.83. The van der Waals surface area contributed by atoms with Gasteiger partial charge in [-0.2, -0.15) is 0 Å². The summed E-state index contributed by atoms with van der Waals surface area (Å²) >= 11 is 0. The van der Waals surface area contributed by atoms with E-state index in [1.807, 2.05) is 12.1 Å². The average Bonchev–Trinajstić information content (AvgIpc) is 2.89. The molecule has 2 N–H and O–H groups in total. The number of aromatic nitrogens is 1. The first-order valence-corrected chi connectivity index (χ1v) is 6.22. The van der Waals surface area contributed by atoms with Crippen LogP contribution in [-0.2, 0) is 4.74 Å². The van der Waals surface area contributed by atoms with Gasteiger partial charge in [-0.3, -0.25) is 0 Å². The third-order valence-corrected chi connectivity index (χ3v) is 3.33. The number of benzene rings is 1. The quantitative estimate of drug-likeness (QED) is 0.870. The summed E-state index contributed by atoms with van der Waals surface area (Å²) in [6.07, 6.45) is 2.88. The maximum Gasteiger partial charge on any atom is 0.133 e. The molecule has 0 spiro atoms. The van der Waals surface area contributed by atoms with Gasteiger partial charge in [0, 0.05) is 30.7 Å². The third kappa shape index (κ3) is 2.24. The molecule has 4 heteroatoms. The van der Waals surface area contributed by atoms with Crippen molar-refractivity contribution in [1.82, 2.24) is 4.98 Å². The second kappa shape index (κ2) is 4.82.